The first-order valence-corrected chi connectivity index (χ1v) is 6.41. The Kier molecular flexibility index (Phi) is 3.69. The van der Waals surface area contributed by atoms with Crippen LogP contribution in [0.2, 0.25) is 0 Å². The predicted molar refractivity (Wildman–Crippen MR) is 69.0 cm³/mol. The highest BCUT2D eigenvalue weighted by molar-refractivity contribution is 7.17. The van der Waals surface area contributed by atoms with Gasteiger partial charge in [0.2, 0.25) is 0 Å². The lowest BCUT2D eigenvalue weighted by Gasteiger charge is -1.96. The molecule has 2 aromatic rings. The van der Waals surface area contributed by atoms with E-state index in [4.69, 9.17) is 0 Å². The van der Waals surface area contributed by atoms with Gasteiger partial charge in [-0.25, -0.2) is 4.39 Å². The summed E-state index contributed by atoms with van der Waals surface area (Å²) >= 11 is 1.47. The average molecular weight is 248 g/mol. The minimum atomic E-state index is -0.243. The number of carbonyl (C=O) groups excluding carboxylic acids is 1. The van der Waals surface area contributed by atoms with E-state index in [1.54, 1.807) is 12.1 Å². The van der Waals surface area contributed by atoms with Crippen molar-refractivity contribution < 1.29 is 9.18 Å². The SMILES string of the molecule is CCCC(=O)c1ccc(-c2ccc(F)cc2)s1. The molecule has 0 bridgehead atoms. The first-order valence-electron chi connectivity index (χ1n) is 5.59. The number of benzene rings is 1. The van der Waals surface area contributed by atoms with Gasteiger partial charge in [-0.05, 0) is 36.2 Å². The lowest BCUT2D eigenvalue weighted by atomic mass is 10.2. The number of hydrogen-bond donors (Lipinski definition) is 0. The van der Waals surface area contributed by atoms with Crippen LogP contribution in [0.3, 0.4) is 0 Å². The fraction of sp³-hybridized carbons (Fsp3) is 0.214. The van der Waals surface area contributed by atoms with Crippen molar-refractivity contribution in [2.75, 3.05) is 0 Å². The van der Waals surface area contributed by atoms with Crippen LogP contribution >= 0.6 is 11.3 Å². The van der Waals surface area contributed by atoms with Crippen LogP contribution in [0.15, 0.2) is 36.4 Å². The third-order valence-electron chi connectivity index (χ3n) is 2.49. The average Bonchev–Trinajstić information content (AvgIpc) is 2.80. The van der Waals surface area contributed by atoms with E-state index in [-0.39, 0.29) is 11.6 Å². The van der Waals surface area contributed by atoms with Gasteiger partial charge in [0.25, 0.3) is 0 Å². The van der Waals surface area contributed by atoms with Gasteiger partial charge in [0.1, 0.15) is 5.82 Å². The van der Waals surface area contributed by atoms with Crippen molar-refractivity contribution in [1.82, 2.24) is 0 Å². The summed E-state index contributed by atoms with van der Waals surface area (Å²) in [4.78, 5) is 13.5. The number of halogens is 1. The highest BCUT2D eigenvalue weighted by atomic mass is 32.1. The van der Waals surface area contributed by atoms with Crippen molar-refractivity contribution in [3.05, 3.63) is 47.1 Å². The van der Waals surface area contributed by atoms with Gasteiger partial charge < -0.3 is 0 Å². The molecule has 0 aliphatic rings. The number of thiophene rings is 1. The highest BCUT2D eigenvalue weighted by Crippen LogP contribution is 2.29. The molecular formula is C14H13FOS. The van der Waals surface area contributed by atoms with E-state index >= 15 is 0 Å². The maximum Gasteiger partial charge on any atom is 0.172 e. The molecule has 2 rings (SSSR count). The zero-order chi connectivity index (χ0) is 12.3. The quantitative estimate of drug-likeness (QED) is 0.726. The summed E-state index contributed by atoms with van der Waals surface area (Å²) < 4.78 is 12.8. The molecule has 3 heteroatoms. The molecule has 0 aliphatic heterocycles. The van der Waals surface area contributed by atoms with Crippen LogP contribution in [0.5, 0.6) is 0 Å². The summed E-state index contributed by atoms with van der Waals surface area (Å²) in [5.41, 5.74) is 0.951. The van der Waals surface area contributed by atoms with Crippen molar-refractivity contribution in [1.29, 1.82) is 0 Å². The fourth-order valence-electron chi connectivity index (χ4n) is 1.61. The van der Waals surface area contributed by atoms with Gasteiger partial charge in [-0.15, -0.1) is 11.3 Å². The first kappa shape index (κ1) is 12.0. The topological polar surface area (TPSA) is 17.1 Å². The van der Waals surface area contributed by atoms with Crippen molar-refractivity contribution in [2.24, 2.45) is 0 Å². The van der Waals surface area contributed by atoms with Crippen molar-refractivity contribution >= 4 is 17.1 Å². The third kappa shape index (κ3) is 2.80. The van der Waals surface area contributed by atoms with Crippen LogP contribution in [0.25, 0.3) is 10.4 Å². The van der Waals surface area contributed by atoms with Gasteiger partial charge in [-0.2, -0.15) is 0 Å². The monoisotopic (exact) mass is 248 g/mol. The van der Waals surface area contributed by atoms with Gasteiger partial charge in [-0.3, -0.25) is 4.79 Å². The molecule has 0 saturated carbocycles. The molecule has 0 amide bonds. The Morgan fingerprint density at radius 3 is 2.53 bits per heavy atom. The Hall–Kier alpha value is -1.48. The molecule has 1 heterocycles. The van der Waals surface area contributed by atoms with Gasteiger partial charge >= 0.3 is 0 Å². The Labute approximate surface area is 104 Å². The van der Waals surface area contributed by atoms with Gasteiger partial charge in [-0.1, -0.05) is 19.1 Å². The minimum Gasteiger partial charge on any atom is -0.293 e. The normalized spacial score (nSPS) is 10.5. The lowest BCUT2D eigenvalue weighted by molar-refractivity contribution is 0.0985. The molecule has 1 nitrogen and oxygen atoms in total. The number of carbonyl (C=O) groups is 1. The van der Waals surface area contributed by atoms with E-state index in [0.717, 1.165) is 21.7 Å². The molecule has 0 fully saturated rings. The highest BCUT2D eigenvalue weighted by Gasteiger charge is 2.09. The van der Waals surface area contributed by atoms with Crippen LogP contribution in [-0.4, -0.2) is 5.78 Å². The number of ketones is 1. The molecule has 0 atom stereocenters. The molecule has 0 spiro atoms. The minimum absolute atomic E-state index is 0.186. The third-order valence-corrected chi connectivity index (χ3v) is 3.66. The Morgan fingerprint density at radius 2 is 1.88 bits per heavy atom. The second kappa shape index (κ2) is 5.23. The van der Waals surface area contributed by atoms with Crippen molar-refractivity contribution in [3.63, 3.8) is 0 Å². The van der Waals surface area contributed by atoms with Crippen LogP contribution in [0, 0.1) is 5.82 Å². The molecule has 88 valence electrons. The van der Waals surface area contributed by atoms with Crippen LogP contribution in [-0.2, 0) is 0 Å². The van der Waals surface area contributed by atoms with Crippen molar-refractivity contribution in [2.45, 2.75) is 19.8 Å². The Morgan fingerprint density at radius 1 is 1.18 bits per heavy atom. The summed E-state index contributed by atoms with van der Waals surface area (Å²) in [6, 6.07) is 10.1. The molecule has 0 unspecified atom stereocenters. The van der Waals surface area contributed by atoms with Crippen LogP contribution < -0.4 is 0 Å². The van der Waals surface area contributed by atoms with E-state index in [9.17, 15) is 9.18 Å². The summed E-state index contributed by atoms with van der Waals surface area (Å²) in [6.07, 6.45) is 1.45. The largest absolute Gasteiger partial charge is 0.293 e. The van der Waals surface area contributed by atoms with E-state index < -0.39 is 0 Å². The standard InChI is InChI=1S/C14H13FOS/c1-2-3-12(16)14-9-8-13(17-14)10-4-6-11(15)7-5-10/h4-9H,2-3H2,1H3. The summed E-state index contributed by atoms with van der Waals surface area (Å²) in [5, 5.41) is 0. The fourth-order valence-corrected chi connectivity index (χ4v) is 2.59. The van der Waals surface area contributed by atoms with E-state index in [0.29, 0.717) is 6.42 Å². The van der Waals surface area contributed by atoms with E-state index in [2.05, 4.69) is 0 Å². The van der Waals surface area contributed by atoms with Crippen molar-refractivity contribution in [3.8, 4) is 10.4 Å². The summed E-state index contributed by atoms with van der Waals surface area (Å²) in [5.74, 6) is -0.0570. The second-order valence-electron chi connectivity index (χ2n) is 3.84. The van der Waals surface area contributed by atoms with Crippen LogP contribution in [0.1, 0.15) is 29.4 Å². The molecule has 1 aromatic carbocycles. The second-order valence-corrected chi connectivity index (χ2v) is 4.93. The van der Waals surface area contributed by atoms with E-state index in [1.807, 2.05) is 19.1 Å². The zero-order valence-electron chi connectivity index (χ0n) is 9.57. The summed E-state index contributed by atoms with van der Waals surface area (Å²) in [7, 11) is 0. The van der Waals surface area contributed by atoms with Crippen LogP contribution in [0.4, 0.5) is 4.39 Å². The smallest absolute Gasteiger partial charge is 0.172 e. The lowest BCUT2D eigenvalue weighted by Crippen LogP contribution is -1.93. The number of Topliss-reactive ketones (excluding diaryl/α,β-unsaturated/α-hetero) is 1. The molecule has 0 N–H and O–H groups in total. The molecular weight excluding hydrogens is 235 g/mol. The molecule has 17 heavy (non-hydrogen) atoms. The Bertz CT molecular complexity index is 513. The maximum absolute atomic E-state index is 12.8. The molecule has 0 aliphatic carbocycles. The van der Waals surface area contributed by atoms with Gasteiger partial charge in [0.15, 0.2) is 5.78 Å². The molecule has 0 saturated heterocycles. The van der Waals surface area contributed by atoms with Gasteiger partial charge in [0.05, 0.1) is 4.88 Å². The zero-order valence-corrected chi connectivity index (χ0v) is 10.4. The van der Waals surface area contributed by atoms with Gasteiger partial charge in [0, 0.05) is 11.3 Å². The maximum atomic E-state index is 12.8. The number of hydrogen-bond acceptors (Lipinski definition) is 2. The van der Waals surface area contributed by atoms with E-state index in [1.165, 1.54) is 23.5 Å². The number of rotatable bonds is 4. The predicted octanol–water partition coefficient (Wildman–Crippen LogP) is 4.54. The Balaban J connectivity index is 2.23. The summed E-state index contributed by atoms with van der Waals surface area (Å²) in [6.45, 7) is 1.99. The molecule has 1 aromatic heterocycles. The molecule has 0 radical (unpaired) electrons. The first-order chi connectivity index (χ1) is 8.20.